The molecular formula is C18H19BrN4O2S. The molecule has 0 radical (unpaired) electrons. The number of amides is 1. The van der Waals surface area contributed by atoms with E-state index in [-0.39, 0.29) is 5.91 Å². The summed E-state index contributed by atoms with van der Waals surface area (Å²) in [6.45, 7) is 2.44. The van der Waals surface area contributed by atoms with Crippen LogP contribution in [0.5, 0.6) is 0 Å². The van der Waals surface area contributed by atoms with Gasteiger partial charge in [-0.25, -0.2) is 0 Å². The van der Waals surface area contributed by atoms with E-state index in [1.165, 1.54) is 11.8 Å². The third-order valence-electron chi connectivity index (χ3n) is 4.05. The Bertz CT molecular complexity index is 922. The van der Waals surface area contributed by atoms with Crippen molar-refractivity contribution in [2.45, 2.75) is 18.6 Å². The Labute approximate surface area is 164 Å². The van der Waals surface area contributed by atoms with E-state index in [1.54, 1.807) is 18.2 Å². The van der Waals surface area contributed by atoms with Crippen LogP contribution in [-0.4, -0.2) is 38.4 Å². The van der Waals surface area contributed by atoms with Gasteiger partial charge < -0.3 is 13.9 Å². The van der Waals surface area contributed by atoms with Crippen LogP contribution in [0.2, 0.25) is 0 Å². The zero-order valence-corrected chi connectivity index (χ0v) is 17.2. The second-order valence-corrected chi connectivity index (χ2v) is 7.68. The van der Waals surface area contributed by atoms with Crippen LogP contribution in [0, 0.1) is 6.92 Å². The summed E-state index contributed by atoms with van der Waals surface area (Å²) in [7, 11) is 3.69. The number of aryl methyl sites for hydroxylation is 1. The fourth-order valence-corrected chi connectivity index (χ4v) is 3.76. The average molecular weight is 435 g/mol. The monoisotopic (exact) mass is 434 g/mol. The van der Waals surface area contributed by atoms with Crippen molar-refractivity contribution < 1.29 is 9.21 Å². The molecule has 0 aliphatic heterocycles. The van der Waals surface area contributed by atoms with Crippen molar-refractivity contribution in [3.05, 3.63) is 52.4 Å². The van der Waals surface area contributed by atoms with Crippen LogP contribution in [0.4, 0.5) is 0 Å². The number of benzene rings is 1. The van der Waals surface area contributed by atoms with E-state index in [4.69, 9.17) is 4.42 Å². The maximum Gasteiger partial charge on any atom is 0.233 e. The van der Waals surface area contributed by atoms with Crippen molar-refractivity contribution in [2.24, 2.45) is 7.05 Å². The fraction of sp³-hybridized carbons (Fsp3) is 0.278. The third kappa shape index (κ3) is 4.02. The van der Waals surface area contributed by atoms with Crippen LogP contribution in [0.25, 0.3) is 11.4 Å². The molecule has 0 fully saturated rings. The highest BCUT2D eigenvalue weighted by Crippen LogP contribution is 2.26. The first kappa shape index (κ1) is 18.7. The summed E-state index contributed by atoms with van der Waals surface area (Å²) in [5, 5.41) is 9.12. The quantitative estimate of drug-likeness (QED) is 0.550. The highest BCUT2D eigenvalue weighted by Gasteiger charge is 2.17. The highest BCUT2D eigenvalue weighted by atomic mass is 79.9. The van der Waals surface area contributed by atoms with E-state index in [0.29, 0.717) is 17.5 Å². The van der Waals surface area contributed by atoms with Crippen molar-refractivity contribution in [1.82, 2.24) is 19.7 Å². The third-order valence-corrected chi connectivity index (χ3v) is 5.83. The number of halogens is 1. The molecule has 0 N–H and O–H groups in total. The predicted molar refractivity (Wildman–Crippen MR) is 105 cm³/mol. The molecule has 0 aliphatic carbocycles. The van der Waals surface area contributed by atoms with Gasteiger partial charge in [-0.05, 0) is 24.6 Å². The highest BCUT2D eigenvalue weighted by molar-refractivity contribution is 9.10. The summed E-state index contributed by atoms with van der Waals surface area (Å²) >= 11 is 4.89. The first-order valence-electron chi connectivity index (χ1n) is 8.01. The zero-order valence-electron chi connectivity index (χ0n) is 14.8. The minimum Gasteiger partial charge on any atom is -0.469 e. The minimum absolute atomic E-state index is 0.0368. The molecule has 136 valence electrons. The normalized spacial score (nSPS) is 10.9. The van der Waals surface area contributed by atoms with Crippen molar-refractivity contribution >= 4 is 33.6 Å². The number of thioether (sulfide) groups is 1. The van der Waals surface area contributed by atoms with Gasteiger partial charge in [-0.15, -0.1) is 10.2 Å². The molecule has 0 saturated heterocycles. The number of furan rings is 1. The molecule has 0 unspecified atom stereocenters. The standard InChI is InChI=1S/C18H19BrN4O2S/c1-12-14(8-9-25-12)17-20-21-18(23(17)3)26-11-16(24)22(2)10-13-6-4-5-7-15(13)19/h4-9H,10-11H2,1-3H3. The first-order chi connectivity index (χ1) is 12.5. The molecule has 0 saturated carbocycles. The van der Waals surface area contributed by atoms with E-state index >= 15 is 0 Å². The van der Waals surface area contributed by atoms with Gasteiger partial charge in [-0.3, -0.25) is 4.79 Å². The Balaban J connectivity index is 1.62. The molecule has 0 spiro atoms. The molecule has 8 heteroatoms. The van der Waals surface area contributed by atoms with Crippen molar-refractivity contribution in [2.75, 3.05) is 12.8 Å². The number of carbonyl (C=O) groups is 1. The van der Waals surface area contributed by atoms with Crippen LogP contribution in [0.15, 0.2) is 50.6 Å². The van der Waals surface area contributed by atoms with Gasteiger partial charge in [-0.2, -0.15) is 0 Å². The number of hydrogen-bond acceptors (Lipinski definition) is 5. The summed E-state index contributed by atoms with van der Waals surface area (Å²) < 4.78 is 8.21. The van der Waals surface area contributed by atoms with Crippen molar-refractivity contribution in [1.29, 1.82) is 0 Å². The lowest BCUT2D eigenvalue weighted by Crippen LogP contribution is -2.28. The Morgan fingerprint density at radius 1 is 1.31 bits per heavy atom. The van der Waals surface area contributed by atoms with Gasteiger partial charge in [-0.1, -0.05) is 45.9 Å². The summed E-state index contributed by atoms with van der Waals surface area (Å²) in [6, 6.07) is 9.76. The Kier molecular flexibility index (Phi) is 5.83. The molecule has 0 aliphatic rings. The Morgan fingerprint density at radius 2 is 2.08 bits per heavy atom. The maximum atomic E-state index is 12.5. The minimum atomic E-state index is 0.0368. The lowest BCUT2D eigenvalue weighted by atomic mass is 10.2. The van der Waals surface area contributed by atoms with E-state index in [2.05, 4.69) is 26.1 Å². The van der Waals surface area contributed by atoms with Gasteiger partial charge in [0.05, 0.1) is 17.6 Å². The Morgan fingerprint density at radius 3 is 2.77 bits per heavy atom. The van der Waals surface area contributed by atoms with Crippen LogP contribution >= 0.6 is 27.7 Å². The number of nitrogens with zero attached hydrogens (tertiary/aromatic N) is 4. The molecule has 26 heavy (non-hydrogen) atoms. The van der Waals surface area contributed by atoms with E-state index in [9.17, 15) is 4.79 Å². The number of hydrogen-bond donors (Lipinski definition) is 0. The summed E-state index contributed by atoms with van der Waals surface area (Å²) in [4.78, 5) is 14.2. The van der Waals surface area contributed by atoms with Gasteiger partial charge in [0.2, 0.25) is 5.91 Å². The van der Waals surface area contributed by atoms with E-state index in [0.717, 1.165) is 27.2 Å². The Hall–Kier alpha value is -2.06. The van der Waals surface area contributed by atoms with Gasteiger partial charge in [0.15, 0.2) is 11.0 Å². The topological polar surface area (TPSA) is 64.2 Å². The van der Waals surface area contributed by atoms with Crippen LogP contribution in [-0.2, 0) is 18.4 Å². The summed E-state index contributed by atoms with van der Waals surface area (Å²) in [5.41, 5.74) is 1.98. The number of aromatic nitrogens is 3. The van der Waals surface area contributed by atoms with E-state index < -0.39 is 0 Å². The lowest BCUT2D eigenvalue weighted by Gasteiger charge is -2.17. The molecule has 1 amide bonds. The molecule has 2 aromatic heterocycles. The lowest BCUT2D eigenvalue weighted by molar-refractivity contribution is -0.127. The van der Waals surface area contributed by atoms with E-state index in [1.807, 2.05) is 48.9 Å². The molecule has 0 atom stereocenters. The predicted octanol–water partition coefficient (Wildman–Crippen LogP) is 3.90. The van der Waals surface area contributed by atoms with Gasteiger partial charge in [0.1, 0.15) is 5.76 Å². The molecule has 3 aromatic rings. The molecule has 1 aromatic carbocycles. The average Bonchev–Trinajstić information content (AvgIpc) is 3.20. The smallest absolute Gasteiger partial charge is 0.233 e. The largest absolute Gasteiger partial charge is 0.469 e. The SMILES string of the molecule is Cc1occc1-c1nnc(SCC(=O)N(C)Cc2ccccc2Br)n1C. The molecular weight excluding hydrogens is 416 g/mol. The second-order valence-electron chi connectivity index (χ2n) is 5.89. The number of carbonyl (C=O) groups excluding carboxylic acids is 1. The summed E-state index contributed by atoms with van der Waals surface area (Å²) in [6.07, 6.45) is 1.63. The molecule has 6 nitrogen and oxygen atoms in total. The summed E-state index contributed by atoms with van der Waals surface area (Å²) in [5.74, 6) is 1.86. The molecule has 2 heterocycles. The van der Waals surface area contributed by atoms with Crippen LogP contribution < -0.4 is 0 Å². The maximum absolute atomic E-state index is 12.5. The van der Waals surface area contributed by atoms with Crippen LogP contribution in [0.3, 0.4) is 0 Å². The fourth-order valence-electron chi connectivity index (χ4n) is 2.50. The van der Waals surface area contributed by atoms with Gasteiger partial charge in [0, 0.05) is 25.1 Å². The van der Waals surface area contributed by atoms with Crippen molar-refractivity contribution in [3.63, 3.8) is 0 Å². The number of rotatable bonds is 6. The first-order valence-corrected chi connectivity index (χ1v) is 9.79. The van der Waals surface area contributed by atoms with Gasteiger partial charge >= 0.3 is 0 Å². The van der Waals surface area contributed by atoms with Gasteiger partial charge in [0.25, 0.3) is 0 Å². The molecule has 3 rings (SSSR count). The van der Waals surface area contributed by atoms with Crippen LogP contribution in [0.1, 0.15) is 11.3 Å². The molecule has 0 bridgehead atoms. The second kappa shape index (κ2) is 8.09. The zero-order chi connectivity index (χ0) is 18.7. The van der Waals surface area contributed by atoms with Crippen molar-refractivity contribution in [3.8, 4) is 11.4 Å².